The Bertz CT molecular complexity index is 876. The average molecular weight is 244 g/mol. The van der Waals surface area contributed by atoms with Crippen molar-refractivity contribution in [1.82, 2.24) is 0 Å². The van der Waals surface area contributed by atoms with E-state index in [1.54, 1.807) is 12.1 Å². The van der Waals surface area contributed by atoms with Gasteiger partial charge in [0.15, 0.2) is 0 Å². The molecule has 0 fully saturated rings. The van der Waals surface area contributed by atoms with E-state index in [1.165, 1.54) is 0 Å². The summed E-state index contributed by atoms with van der Waals surface area (Å²) in [7, 11) is 0. The van der Waals surface area contributed by atoms with E-state index in [2.05, 4.69) is 0 Å². The van der Waals surface area contributed by atoms with Gasteiger partial charge in [0.1, 0.15) is 0 Å². The number of hydrogen-bond donors (Lipinski definition) is 0. The van der Waals surface area contributed by atoms with E-state index in [0.717, 1.165) is 10.8 Å². The topological polar surface area (TPSA) is 0 Å². The van der Waals surface area contributed by atoms with Crippen LogP contribution < -0.4 is 0 Å². The second-order valence-electron chi connectivity index (χ2n) is 3.67. The molecule has 82 valence electrons. The Kier molecular flexibility index (Phi) is 1.55. The van der Waals surface area contributed by atoms with E-state index in [4.69, 9.17) is 18.5 Å². The van der Waals surface area contributed by atoms with Gasteiger partial charge in [-0.25, -0.2) is 0 Å². The zero-order valence-corrected chi connectivity index (χ0v) is 9.60. The minimum atomic E-state index is -0.398. The number of fused-ring (bicyclic) bond motifs is 1. The van der Waals surface area contributed by atoms with Crippen molar-refractivity contribution in [3.05, 3.63) is 71.6 Å². The van der Waals surface area contributed by atoms with Crippen LogP contribution in [0.1, 0.15) is 6.85 Å². The summed E-state index contributed by atoms with van der Waals surface area (Å²) < 4.78 is 39.5. The van der Waals surface area contributed by atoms with Crippen LogP contribution >= 0.6 is 11.6 Å². The molecule has 0 saturated carbocycles. The summed E-state index contributed by atoms with van der Waals surface area (Å²) in [6.45, 7) is 0. The van der Waals surface area contributed by atoms with Crippen molar-refractivity contribution < 1.29 is 6.85 Å². The van der Waals surface area contributed by atoms with Gasteiger partial charge in [-0.3, -0.25) is 0 Å². The summed E-state index contributed by atoms with van der Waals surface area (Å²) in [5, 5.41) is 2.11. The largest absolute Gasteiger partial charge is 0.0843 e. The second-order valence-corrected chi connectivity index (χ2v) is 4.11. The van der Waals surface area contributed by atoms with Gasteiger partial charge in [-0.2, -0.15) is 0 Å². The SMILES string of the molecule is [2H]c1c([2H])c([2H])c(-c2cc(Cl)cc3ccccc23)c([2H])c1[2H]. The van der Waals surface area contributed by atoms with Crippen molar-refractivity contribution in [2.75, 3.05) is 0 Å². The smallest absolute Gasteiger partial charge is 0.0629 e. The Morgan fingerprint density at radius 3 is 2.53 bits per heavy atom. The van der Waals surface area contributed by atoms with Crippen LogP contribution in [0.2, 0.25) is 5.02 Å². The lowest BCUT2D eigenvalue weighted by atomic mass is 9.98. The molecule has 0 bridgehead atoms. The third-order valence-corrected chi connectivity index (χ3v) is 2.81. The molecule has 0 aromatic heterocycles. The van der Waals surface area contributed by atoms with E-state index in [1.807, 2.05) is 24.3 Å². The van der Waals surface area contributed by atoms with Gasteiger partial charge in [-0.15, -0.1) is 0 Å². The first kappa shape index (κ1) is 6.23. The predicted octanol–water partition coefficient (Wildman–Crippen LogP) is 5.16. The molecule has 0 aliphatic heterocycles. The molecule has 3 aromatic carbocycles. The van der Waals surface area contributed by atoms with Crippen molar-refractivity contribution in [1.29, 1.82) is 0 Å². The lowest BCUT2D eigenvalue weighted by Crippen LogP contribution is -1.81. The summed E-state index contributed by atoms with van der Waals surface area (Å²) in [5.41, 5.74) is 0.713. The molecule has 0 saturated heterocycles. The fourth-order valence-corrected chi connectivity index (χ4v) is 2.09. The molecule has 0 amide bonds. The van der Waals surface area contributed by atoms with Gasteiger partial charge in [0.25, 0.3) is 0 Å². The Morgan fingerprint density at radius 1 is 0.941 bits per heavy atom. The Morgan fingerprint density at radius 2 is 1.71 bits per heavy atom. The van der Waals surface area contributed by atoms with Gasteiger partial charge < -0.3 is 0 Å². The minimum Gasteiger partial charge on any atom is -0.0843 e. The maximum Gasteiger partial charge on any atom is 0.0629 e. The van der Waals surface area contributed by atoms with Crippen molar-refractivity contribution in [3.63, 3.8) is 0 Å². The highest BCUT2D eigenvalue weighted by Crippen LogP contribution is 2.31. The molecule has 0 spiro atoms. The van der Waals surface area contributed by atoms with Gasteiger partial charge >= 0.3 is 0 Å². The molecule has 0 heterocycles. The molecule has 0 aliphatic rings. The van der Waals surface area contributed by atoms with Crippen molar-refractivity contribution >= 4 is 22.4 Å². The van der Waals surface area contributed by atoms with Crippen LogP contribution in [0.15, 0.2) is 66.6 Å². The standard InChI is InChI=1S/C16H11Cl/c17-14-10-13-8-4-5-9-15(13)16(11-14)12-6-2-1-3-7-12/h1-11H/i1D,2D,3D,6D,7D. The van der Waals surface area contributed by atoms with Gasteiger partial charge in [0.2, 0.25) is 0 Å². The van der Waals surface area contributed by atoms with Crippen molar-refractivity contribution in [2.24, 2.45) is 0 Å². The lowest BCUT2D eigenvalue weighted by Gasteiger charge is -2.07. The molecule has 1 heteroatoms. The highest BCUT2D eigenvalue weighted by Gasteiger charge is 2.04. The van der Waals surface area contributed by atoms with E-state index < -0.39 is 6.04 Å². The summed E-state index contributed by atoms with van der Waals surface area (Å²) in [5.74, 6) is 0. The second kappa shape index (κ2) is 4.23. The van der Waals surface area contributed by atoms with Crippen LogP contribution in [0.3, 0.4) is 0 Å². The zero-order chi connectivity index (χ0) is 16.0. The van der Waals surface area contributed by atoms with Gasteiger partial charge in [-0.1, -0.05) is 66.1 Å². The fourth-order valence-electron chi connectivity index (χ4n) is 1.87. The maximum atomic E-state index is 8.10. The number of hydrogen-bond acceptors (Lipinski definition) is 0. The number of halogens is 1. The maximum absolute atomic E-state index is 8.10. The molecule has 17 heavy (non-hydrogen) atoms. The first-order valence-electron chi connectivity index (χ1n) is 7.67. The van der Waals surface area contributed by atoms with Gasteiger partial charge in [-0.05, 0) is 34.0 Å². The Hall–Kier alpha value is -1.79. The predicted molar refractivity (Wildman–Crippen MR) is 74.4 cm³/mol. The number of rotatable bonds is 1. The van der Waals surface area contributed by atoms with Gasteiger partial charge in [0, 0.05) is 5.02 Å². The van der Waals surface area contributed by atoms with E-state index in [0.29, 0.717) is 10.6 Å². The Labute approximate surface area is 112 Å². The minimum absolute atomic E-state index is 0.171. The summed E-state index contributed by atoms with van der Waals surface area (Å²) in [6.07, 6.45) is 0. The van der Waals surface area contributed by atoms with E-state index in [9.17, 15) is 0 Å². The van der Waals surface area contributed by atoms with Crippen LogP contribution in [0.4, 0.5) is 0 Å². The zero-order valence-electron chi connectivity index (χ0n) is 13.8. The normalized spacial score (nSPS) is 14.8. The van der Waals surface area contributed by atoms with Gasteiger partial charge in [0.05, 0.1) is 6.85 Å². The fraction of sp³-hybridized carbons (Fsp3) is 0. The van der Waals surface area contributed by atoms with E-state index >= 15 is 0 Å². The molecular weight excluding hydrogens is 228 g/mol. The highest BCUT2D eigenvalue weighted by atomic mass is 35.5. The summed E-state index contributed by atoms with van der Waals surface area (Å²) in [6, 6.07) is 9.32. The van der Waals surface area contributed by atoms with Crippen molar-refractivity contribution in [3.8, 4) is 11.1 Å². The molecule has 3 rings (SSSR count). The number of benzene rings is 3. The third-order valence-electron chi connectivity index (χ3n) is 2.60. The molecule has 0 N–H and O–H groups in total. The lowest BCUT2D eigenvalue weighted by molar-refractivity contribution is 1.65. The van der Waals surface area contributed by atoms with Crippen LogP contribution in [-0.4, -0.2) is 0 Å². The van der Waals surface area contributed by atoms with Crippen LogP contribution in [0.5, 0.6) is 0 Å². The molecule has 3 aromatic rings. The Balaban J connectivity index is 2.48. The van der Waals surface area contributed by atoms with Crippen molar-refractivity contribution in [2.45, 2.75) is 0 Å². The monoisotopic (exact) mass is 243 g/mol. The molecule has 0 atom stereocenters. The quantitative estimate of drug-likeness (QED) is 0.554. The first-order valence-corrected chi connectivity index (χ1v) is 5.55. The average Bonchev–Trinajstić information content (AvgIpc) is 2.51. The summed E-state index contributed by atoms with van der Waals surface area (Å²) in [4.78, 5) is 0. The van der Waals surface area contributed by atoms with Crippen LogP contribution in [0, 0.1) is 0 Å². The highest BCUT2D eigenvalue weighted by molar-refractivity contribution is 6.32. The van der Waals surface area contributed by atoms with E-state index in [-0.39, 0.29) is 29.7 Å². The molecule has 0 unspecified atom stereocenters. The first-order chi connectivity index (χ1) is 10.4. The molecular formula is C16H11Cl. The third kappa shape index (κ3) is 1.92. The van der Waals surface area contributed by atoms with Crippen LogP contribution in [-0.2, 0) is 0 Å². The summed E-state index contributed by atoms with van der Waals surface area (Å²) >= 11 is 6.14. The molecule has 0 aliphatic carbocycles. The molecule has 0 nitrogen and oxygen atoms in total. The van der Waals surface area contributed by atoms with Crippen LogP contribution in [0.25, 0.3) is 21.9 Å². The molecule has 0 radical (unpaired) electrons.